The molecule has 1 aliphatic carbocycles. The van der Waals surface area contributed by atoms with E-state index in [1.165, 1.54) is 11.3 Å². The number of amides is 2. The molecule has 1 atom stereocenters. The third kappa shape index (κ3) is 4.57. The number of anilines is 2. The van der Waals surface area contributed by atoms with Gasteiger partial charge in [0.25, 0.3) is 5.91 Å². The van der Waals surface area contributed by atoms with E-state index in [1.807, 2.05) is 0 Å². The van der Waals surface area contributed by atoms with Crippen molar-refractivity contribution in [1.29, 1.82) is 0 Å². The minimum Gasteiger partial charge on any atom is -0.368 e. The molecule has 2 heterocycles. The molecule has 0 saturated carbocycles. The molecule has 1 fully saturated rings. The van der Waals surface area contributed by atoms with Gasteiger partial charge in [0.05, 0.1) is 5.56 Å². The molecule has 1 aromatic heterocycles. The molecule has 2 aliphatic rings. The Morgan fingerprint density at radius 1 is 1.13 bits per heavy atom. The summed E-state index contributed by atoms with van der Waals surface area (Å²) in [6.07, 6.45) is 4.21. The molecule has 0 radical (unpaired) electrons. The second-order valence-corrected chi connectivity index (χ2v) is 10.8. The summed E-state index contributed by atoms with van der Waals surface area (Å²) in [7, 11) is -4.06. The number of hydrogen-bond donors (Lipinski definition) is 3. The van der Waals surface area contributed by atoms with Crippen LogP contribution in [0.1, 0.15) is 46.5 Å². The number of fused-ring (bicyclic) bond motifs is 1. The molecule has 1 saturated heterocycles. The Hall–Kier alpha value is -2.14. The highest BCUT2D eigenvalue weighted by Crippen LogP contribution is 2.40. The van der Waals surface area contributed by atoms with E-state index in [0.717, 1.165) is 34.0 Å². The first-order valence-corrected chi connectivity index (χ1v) is 12.7. The number of rotatable bonds is 6. The van der Waals surface area contributed by atoms with E-state index in [9.17, 15) is 18.0 Å². The van der Waals surface area contributed by atoms with Crippen molar-refractivity contribution in [2.45, 2.75) is 44.6 Å². The van der Waals surface area contributed by atoms with E-state index >= 15 is 0 Å². The van der Waals surface area contributed by atoms with Crippen molar-refractivity contribution in [3.63, 3.8) is 0 Å². The van der Waals surface area contributed by atoms with Crippen molar-refractivity contribution in [2.24, 2.45) is 5.73 Å². The first kappa shape index (κ1) is 22.1. The molecule has 1 aromatic carbocycles. The first-order chi connectivity index (χ1) is 14.8. The smallest absolute Gasteiger partial charge is 0.303 e. The molecular weight excluding hydrogens is 460 g/mol. The van der Waals surface area contributed by atoms with Crippen LogP contribution in [-0.2, 0) is 27.8 Å². The van der Waals surface area contributed by atoms with Gasteiger partial charge in [0, 0.05) is 22.1 Å². The van der Waals surface area contributed by atoms with Crippen molar-refractivity contribution in [3.05, 3.63) is 45.3 Å². The fourth-order valence-electron chi connectivity index (χ4n) is 4.10. The van der Waals surface area contributed by atoms with Crippen LogP contribution < -0.4 is 15.8 Å². The lowest BCUT2D eigenvalue weighted by Crippen LogP contribution is -2.52. The van der Waals surface area contributed by atoms with Gasteiger partial charge in [-0.1, -0.05) is 18.0 Å². The van der Waals surface area contributed by atoms with Crippen LogP contribution in [0.3, 0.4) is 0 Å². The van der Waals surface area contributed by atoms with Crippen LogP contribution in [0.25, 0.3) is 0 Å². The van der Waals surface area contributed by atoms with Crippen molar-refractivity contribution < 1.29 is 18.0 Å². The van der Waals surface area contributed by atoms with Crippen molar-refractivity contribution in [1.82, 2.24) is 4.31 Å². The summed E-state index contributed by atoms with van der Waals surface area (Å²) in [4.78, 5) is 25.9. The average Bonchev–Trinajstić information content (AvgIpc) is 3.30. The van der Waals surface area contributed by atoms with E-state index in [2.05, 4.69) is 10.0 Å². The first-order valence-electron chi connectivity index (χ1n) is 10.1. The summed E-state index contributed by atoms with van der Waals surface area (Å²) in [6.45, 7) is 0.209. The van der Waals surface area contributed by atoms with Crippen molar-refractivity contribution >= 4 is 55.6 Å². The number of primary amides is 1. The minimum absolute atomic E-state index is 0.209. The molecule has 166 valence electrons. The Bertz CT molecular complexity index is 1110. The molecule has 2 amide bonds. The van der Waals surface area contributed by atoms with E-state index in [0.29, 0.717) is 35.5 Å². The Balaban J connectivity index is 1.64. The number of carbonyl (C=O) groups excluding carboxylic acids is 2. The Morgan fingerprint density at radius 3 is 2.58 bits per heavy atom. The van der Waals surface area contributed by atoms with E-state index in [-0.39, 0.29) is 17.5 Å². The normalized spacial score (nSPS) is 19.1. The van der Waals surface area contributed by atoms with Crippen LogP contribution in [0, 0.1) is 0 Å². The fraction of sp³-hybridized carbons (Fsp3) is 0.400. The zero-order valence-corrected chi connectivity index (χ0v) is 19.1. The molecule has 4 N–H and O–H groups in total. The van der Waals surface area contributed by atoms with Gasteiger partial charge in [-0.2, -0.15) is 12.7 Å². The minimum atomic E-state index is -4.06. The van der Waals surface area contributed by atoms with Crippen LogP contribution in [0.2, 0.25) is 5.02 Å². The molecule has 0 bridgehead atoms. The second-order valence-electron chi connectivity index (χ2n) is 7.65. The van der Waals surface area contributed by atoms with E-state index < -0.39 is 22.2 Å². The Morgan fingerprint density at radius 2 is 1.87 bits per heavy atom. The van der Waals surface area contributed by atoms with Crippen LogP contribution >= 0.6 is 22.9 Å². The van der Waals surface area contributed by atoms with E-state index in [1.54, 1.807) is 24.3 Å². The highest BCUT2D eigenvalue weighted by atomic mass is 35.5. The standard InChI is InChI=1S/C20H23ClN4O4S2/c21-12-7-9-13(10-8-12)23-19(27)17-14-4-3-6-16(14)30-20(17)24-31(28,29)25-11-2-1-5-15(25)18(22)26/h7-10,15,24H,1-6,11H2,(H2,22,26)(H,23,27). The summed E-state index contributed by atoms with van der Waals surface area (Å²) in [6, 6.07) is 5.81. The van der Waals surface area contributed by atoms with Gasteiger partial charge in [0.1, 0.15) is 11.0 Å². The lowest BCUT2D eigenvalue weighted by Gasteiger charge is -2.32. The quantitative estimate of drug-likeness (QED) is 0.585. The maximum absolute atomic E-state index is 13.1. The number of carbonyl (C=O) groups is 2. The summed E-state index contributed by atoms with van der Waals surface area (Å²) in [5.74, 6) is -1.05. The molecule has 1 unspecified atom stereocenters. The zero-order valence-electron chi connectivity index (χ0n) is 16.7. The van der Waals surface area contributed by atoms with Gasteiger partial charge >= 0.3 is 10.2 Å². The molecule has 0 spiro atoms. The lowest BCUT2D eigenvalue weighted by atomic mass is 10.0. The molecule has 31 heavy (non-hydrogen) atoms. The van der Waals surface area contributed by atoms with Crippen LogP contribution in [0.4, 0.5) is 10.7 Å². The Kier molecular flexibility index (Phi) is 6.25. The highest BCUT2D eigenvalue weighted by molar-refractivity contribution is 7.90. The number of benzene rings is 1. The van der Waals surface area contributed by atoms with Gasteiger partial charge in [-0.15, -0.1) is 11.3 Å². The summed E-state index contributed by atoms with van der Waals surface area (Å²) in [5.41, 5.74) is 7.21. The third-order valence-corrected chi connectivity index (χ3v) is 8.67. The number of hydrogen-bond acceptors (Lipinski definition) is 5. The van der Waals surface area contributed by atoms with Crippen molar-refractivity contribution in [3.8, 4) is 0 Å². The fourth-order valence-corrected chi connectivity index (χ4v) is 7.21. The lowest BCUT2D eigenvalue weighted by molar-refractivity contribution is -0.122. The number of thiophene rings is 1. The van der Waals surface area contributed by atoms with Gasteiger partial charge < -0.3 is 11.1 Å². The number of aryl methyl sites for hydroxylation is 1. The van der Waals surface area contributed by atoms with Gasteiger partial charge in [-0.25, -0.2) is 0 Å². The summed E-state index contributed by atoms with van der Waals surface area (Å²) >= 11 is 7.18. The predicted octanol–water partition coefficient (Wildman–Crippen LogP) is 3.14. The van der Waals surface area contributed by atoms with Crippen molar-refractivity contribution in [2.75, 3.05) is 16.6 Å². The topological polar surface area (TPSA) is 122 Å². The predicted molar refractivity (Wildman–Crippen MR) is 122 cm³/mol. The molecule has 8 nitrogen and oxygen atoms in total. The molecule has 1 aliphatic heterocycles. The van der Waals surface area contributed by atoms with Gasteiger partial charge in [-0.05, 0) is 61.9 Å². The zero-order chi connectivity index (χ0) is 22.2. The number of piperidine rings is 1. The van der Waals surface area contributed by atoms with Crippen LogP contribution in [0.15, 0.2) is 24.3 Å². The van der Waals surface area contributed by atoms with E-state index in [4.69, 9.17) is 17.3 Å². The van der Waals surface area contributed by atoms with Crippen LogP contribution in [0.5, 0.6) is 0 Å². The third-order valence-electron chi connectivity index (χ3n) is 5.56. The second kappa shape index (κ2) is 8.78. The molecule has 4 rings (SSSR count). The van der Waals surface area contributed by atoms with Gasteiger partial charge in [0.2, 0.25) is 5.91 Å². The SMILES string of the molecule is NC(=O)C1CCCCN1S(=O)(=O)Nc1sc2c(c1C(=O)Nc1ccc(Cl)cc1)CCC2. The molecule has 2 aromatic rings. The average molecular weight is 483 g/mol. The molecule has 11 heteroatoms. The molecular formula is C20H23ClN4O4S2. The Labute approximate surface area is 189 Å². The highest BCUT2D eigenvalue weighted by Gasteiger charge is 2.37. The number of halogens is 1. The monoisotopic (exact) mass is 482 g/mol. The van der Waals surface area contributed by atoms with Gasteiger partial charge in [0.15, 0.2) is 0 Å². The van der Waals surface area contributed by atoms with Gasteiger partial charge in [-0.3, -0.25) is 14.3 Å². The number of nitrogens with zero attached hydrogens (tertiary/aromatic N) is 1. The number of nitrogens with two attached hydrogens (primary N) is 1. The maximum atomic E-state index is 13.1. The summed E-state index contributed by atoms with van der Waals surface area (Å²) in [5, 5.41) is 3.64. The largest absolute Gasteiger partial charge is 0.368 e. The maximum Gasteiger partial charge on any atom is 0.303 e. The summed E-state index contributed by atoms with van der Waals surface area (Å²) < 4.78 is 30.0. The number of nitrogens with one attached hydrogen (secondary N) is 2. The van der Waals surface area contributed by atoms with Crippen LogP contribution in [-0.4, -0.2) is 37.1 Å².